The lowest BCUT2D eigenvalue weighted by Gasteiger charge is -2.24. The Balaban J connectivity index is 0.876. The molecule has 1 fully saturated rings. The van der Waals surface area contributed by atoms with Crippen LogP contribution in [0.5, 0.6) is 5.75 Å². The van der Waals surface area contributed by atoms with E-state index in [1.807, 2.05) is 53.3 Å². The topological polar surface area (TPSA) is 132 Å². The Morgan fingerprint density at radius 3 is 2.47 bits per heavy atom. The van der Waals surface area contributed by atoms with Crippen molar-refractivity contribution in [2.75, 3.05) is 5.32 Å². The Kier molecular flexibility index (Phi) is 9.63. The van der Waals surface area contributed by atoms with Gasteiger partial charge in [-0.15, -0.1) is 5.10 Å². The number of fused-ring (bicyclic) bond motifs is 2. The number of carboxylic acid groups (broad SMARTS) is 1. The Bertz CT molecular complexity index is 2090. The molecule has 1 aliphatic rings. The molecule has 1 saturated carbocycles. The van der Waals surface area contributed by atoms with Gasteiger partial charge in [-0.1, -0.05) is 66.4 Å². The van der Waals surface area contributed by atoms with Gasteiger partial charge in [-0.05, 0) is 101 Å². The van der Waals surface area contributed by atoms with E-state index in [0.717, 1.165) is 78.2 Å². The minimum absolute atomic E-state index is 0.0193. The second kappa shape index (κ2) is 14.7. The maximum atomic E-state index is 12.6. The number of hydrogen-bond donors (Lipinski definition) is 2. The summed E-state index contributed by atoms with van der Waals surface area (Å²) < 4.78 is 13.4. The highest BCUT2D eigenvalue weighted by Crippen LogP contribution is 2.40. The zero-order chi connectivity index (χ0) is 33.6. The van der Waals surface area contributed by atoms with Crippen molar-refractivity contribution >= 4 is 39.1 Å². The Labute approximate surface area is 284 Å². The van der Waals surface area contributed by atoms with Gasteiger partial charge in [-0.2, -0.15) is 0 Å². The molecule has 250 valence electrons. The van der Waals surface area contributed by atoms with Crippen LogP contribution in [0.4, 0.5) is 5.69 Å². The van der Waals surface area contributed by atoms with Gasteiger partial charge in [0.1, 0.15) is 18.1 Å². The number of amides is 1. The Hall–Kier alpha value is -5.51. The molecule has 1 amide bonds. The number of benzene rings is 4. The summed E-state index contributed by atoms with van der Waals surface area (Å²) in [4.78, 5) is 24.0. The van der Waals surface area contributed by atoms with Crippen molar-refractivity contribution in [2.24, 2.45) is 0 Å². The van der Waals surface area contributed by atoms with Crippen LogP contribution < -0.4 is 10.1 Å². The number of unbranched alkanes of at least 4 members (excludes halogenated alkanes) is 2. The lowest BCUT2D eigenvalue weighted by molar-refractivity contribution is -0.116. The van der Waals surface area contributed by atoms with Gasteiger partial charge >= 0.3 is 5.97 Å². The second-order valence-corrected chi connectivity index (χ2v) is 12.8. The predicted octanol–water partition coefficient (Wildman–Crippen LogP) is 8.76. The molecule has 10 heteroatoms. The first-order valence-electron chi connectivity index (χ1n) is 17.1. The number of aryl methyl sites for hydroxylation is 1. The monoisotopic (exact) mass is 657 g/mol. The fourth-order valence-corrected chi connectivity index (χ4v) is 6.76. The van der Waals surface area contributed by atoms with Crippen molar-refractivity contribution in [3.05, 3.63) is 102 Å². The highest BCUT2D eigenvalue weighted by atomic mass is 16.5. The quantitative estimate of drug-likeness (QED) is 0.0931. The maximum absolute atomic E-state index is 12.6. The number of carboxylic acids is 1. The average molecular weight is 658 g/mol. The van der Waals surface area contributed by atoms with E-state index in [-0.39, 0.29) is 18.2 Å². The first kappa shape index (κ1) is 32.1. The summed E-state index contributed by atoms with van der Waals surface area (Å²) in [6, 6.07) is 26.0. The van der Waals surface area contributed by atoms with Crippen LogP contribution in [0.3, 0.4) is 0 Å². The molecule has 2 N–H and O–H groups in total. The molecular weight excluding hydrogens is 618 g/mol. The van der Waals surface area contributed by atoms with E-state index in [2.05, 4.69) is 51.1 Å². The highest BCUT2D eigenvalue weighted by molar-refractivity contribution is 6.01. The molecule has 7 rings (SSSR count). The van der Waals surface area contributed by atoms with E-state index in [1.54, 1.807) is 0 Å². The van der Waals surface area contributed by atoms with Crippen LogP contribution in [0.25, 0.3) is 32.9 Å². The van der Waals surface area contributed by atoms with Crippen LogP contribution in [0.1, 0.15) is 85.5 Å². The average Bonchev–Trinajstić information content (AvgIpc) is 3.81. The third kappa shape index (κ3) is 7.80. The number of nitrogens with one attached hydrogen (secondary N) is 1. The Morgan fingerprint density at radius 1 is 0.878 bits per heavy atom. The highest BCUT2D eigenvalue weighted by Gasteiger charge is 2.23. The second-order valence-electron chi connectivity index (χ2n) is 12.8. The minimum atomic E-state index is -1.11. The normalized spacial score (nSPS) is 13.6. The number of aromatic carboxylic acids is 1. The molecule has 0 radical (unpaired) electrons. The molecular formula is C39H39N5O5. The standard InChI is InChI=1S/C39H39N5O5/c45-38(40-31-15-14-29-19-27-11-6-7-12-28(27)20-30(29)21-31)13-5-2-8-18-44-24-32(41-43-44)25-48-33-16-17-34(37-23-36(39(46)47)42-49-37)35(22-33)26-9-3-1-4-10-26/h6-7,11-12,14-17,19-24,26H,1-5,8-10,13,18,25H2,(H,40,45)(H,46,47). The van der Waals surface area contributed by atoms with Crippen molar-refractivity contribution in [1.82, 2.24) is 20.2 Å². The predicted molar refractivity (Wildman–Crippen MR) is 188 cm³/mol. The largest absolute Gasteiger partial charge is 0.487 e. The number of nitrogens with zero attached hydrogens (tertiary/aromatic N) is 4. The van der Waals surface area contributed by atoms with E-state index in [9.17, 15) is 14.7 Å². The number of anilines is 1. The molecule has 1 aliphatic carbocycles. The van der Waals surface area contributed by atoms with Gasteiger partial charge < -0.3 is 19.7 Å². The lowest BCUT2D eigenvalue weighted by atomic mass is 9.81. The van der Waals surface area contributed by atoms with Gasteiger partial charge in [-0.3, -0.25) is 9.48 Å². The summed E-state index contributed by atoms with van der Waals surface area (Å²) >= 11 is 0. The zero-order valence-corrected chi connectivity index (χ0v) is 27.3. The van der Waals surface area contributed by atoms with Crippen LogP contribution in [-0.2, 0) is 17.9 Å². The summed E-state index contributed by atoms with van der Waals surface area (Å²) in [5.41, 5.74) is 3.38. The molecule has 4 aromatic carbocycles. The number of carbonyl (C=O) groups is 2. The molecule has 0 atom stereocenters. The number of carbonyl (C=O) groups excluding carboxylic acids is 1. The molecule has 0 unspecified atom stereocenters. The van der Waals surface area contributed by atoms with Crippen molar-refractivity contribution < 1.29 is 24.0 Å². The van der Waals surface area contributed by atoms with E-state index >= 15 is 0 Å². The molecule has 0 saturated heterocycles. The summed E-state index contributed by atoms with van der Waals surface area (Å²) in [6.07, 6.45) is 10.6. The zero-order valence-electron chi connectivity index (χ0n) is 27.3. The molecule has 0 aliphatic heterocycles. The molecule has 6 aromatic rings. The van der Waals surface area contributed by atoms with Crippen molar-refractivity contribution in [3.63, 3.8) is 0 Å². The maximum Gasteiger partial charge on any atom is 0.358 e. The van der Waals surface area contributed by atoms with Crippen molar-refractivity contribution in [2.45, 2.75) is 76.9 Å². The summed E-state index contributed by atoms with van der Waals surface area (Å²) in [6.45, 7) is 0.989. The van der Waals surface area contributed by atoms with E-state index in [0.29, 0.717) is 30.4 Å². The first-order chi connectivity index (χ1) is 24.0. The number of hydrogen-bond acceptors (Lipinski definition) is 7. The molecule has 10 nitrogen and oxygen atoms in total. The van der Waals surface area contributed by atoms with Crippen LogP contribution in [-0.4, -0.2) is 37.1 Å². The van der Waals surface area contributed by atoms with Crippen LogP contribution in [0, 0.1) is 0 Å². The molecule has 0 bridgehead atoms. The third-order valence-corrected chi connectivity index (χ3v) is 9.32. The van der Waals surface area contributed by atoms with Crippen LogP contribution in [0.15, 0.2) is 89.6 Å². The molecule has 2 heterocycles. The fraction of sp³-hybridized carbons (Fsp3) is 0.308. The smallest absolute Gasteiger partial charge is 0.358 e. The van der Waals surface area contributed by atoms with Gasteiger partial charge in [0, 0.05) is 30.3 Å². The number of aromatic nitrogens is 4. The number of ether oxygens (including phenoxy) is 1. The number of rotatable bonds is 13. The fourth-order valence-electron chi connectivity index (χ4n) is 6.76. The van der Waals surface area contributed by atoms with E-state index in [1.165, 1.54) is 23.3 Å². The van der Waals surface area contributed by atoms with Crippen molar-refractivity contribution in [3.8, 4) is 17.1 Å². The van der Waals surface area contributed by atoms with E-state index in [4.69, 9.17) is 9.26 Å². The third-order valence-electron chi connectivity index (χ3n) is 9.32. The summed E-state index contributed by atoms with van der Waals surface area (Å²) in [7, 11) is 0. The van der Waals surface area contributed by atoms with Gasteiger partial charge in [-0.25, -0.2) is 4.79 Å². The van der Waals surface area contributed by atoms with Crippen LogP contribution in [0.2, 0.25) is 0 Å². The van der Waals surface area contributed by atoms with Gasteiger partial charge in [0.2, 0.25) is 5.91 Å². The van der Waals surface area contributed by atoms with Gasteiger partial charge in [0.15, 0.2) is 11.5 Å². The van der Waals surface area contributed by atoms with E-state index < -0.39 is 5.97 Å². The lowest BCUT2D eigenvalue weighted by Crippen LogP contribution is -2.11. The summed E-state index contributed by atoms with van der Waals surface area (Å²) in [5, 5.41) is 29.3. The molecule has 2 aromatic heterocycles. The SMILES string of the molecule is O=C(CCCCCn1cc(COc2ccc(-c3cc(C(=O)O)no3)c(C3CCCCC3)c2)nn1)Nc1ccc2cc3ccccc3cc2c1. The van der Waals surface area contributed by atoms with Crippen LogP contribution >= 0.6 is 0 Å². The molecule has 49 heavy (non-hydrogen) atoms. The Morgan fingerprint density at radius 2 is 1.67 bits per heavy atom. The minimum Gasteiger partial charge on any atom is -0.487 e. The van der Waals surface area contributed by atoms with Gasteiger partial charge in [0.05, 0.1) is 6.20 Å². The van der Waals surface area contributed by atoms with Crippen molar-refractivity contribution in [1.29, 1.82) is 0 Å². The molecule has 0 spiro atoms. The van der Waals surface area contributed by atoms with Gasteiger partial charge in [0.25, 0.3) is 0 Å². The first-order valence-corrected chi connectivity index (χ1v) is 17.1. The summed E-state index contributed by atoms with van der Waals surface area (Å²) in [5.74, 6) is 0.416.